The summed E-state index contributed by atoms with van der Waals surface area (Å²) >= 11 is 1.57. The van der Waals surface area contributed by atoms with Crippen molar-refractivity contribution in [2.75, 3.05) is 10.5 Å². The number of aliphatic hydroxyl groups is 1. The lowest BCUT2D eigenvalue weighted by molar-refractivity contribution is -0.245. The highest BCUT2D eigenvalue weighted by molar-refractivity contribution is 7.99. The van der Waals surface area contributed by atoms with E-state index in [0.29, 0.717) is 17.9 Å². The van der Waals surface area contributed by atoms with Gasteiger partial charge in [0.1, 0.15) is 0 Å². The molecule has 0 spiro atoms. The lowest BCUT2D eigenvalue weighted by atomic mass is 10.0. The van der Waals surface area contributed by atoms with E-state index in [9.17, 15) is 18.3 Å². The van der Waals surface area contributed by atoms with Gasteiger partial charge in [0.25, 0.3) is 10.0 Å². The van der Waals surface area contributed by atoms with Gasteiger partial charge >= 0.3 is 5.97 Å². The van der Waals surface area contributed by atoms with Gasteiger partial charge in [-0.2, -0.15) is 0 Å². The number of hydrogen-bond acceptors (Lipinski definition) is 7. The van der Waals surface area contributed by atoms with Gasteiger partial charge in [-0.3, -0.25) is 4.72 Å². The van der Waals surface area contributed by atoms with E-state index in [-0.39, 0.29) is 29.3 Å². The second-order valence-corrected chi connectivity index (χ2v) is 12.3. The van der Waals surface area contributed by atoms with Crippen LogP contribution in [0.25, 0.3) is 0 Å². The molecule has 3 atom stereocenters. The molecule has 4 aromatic carbocycles. The van der Waals surface area contributed by atoms with Crippen LogP contribution in [0.5, 0.6) is 0 Å². The first-order valence-electron chi connectivity index (χ1n) is 13.0. The van der Waals surface area contributed by atoms with Crippen LogP contribution >= 0.6 is 11.8 Å². The molecule has 4 aromatic rings. The normalized spacial score (nSPS) is 19.0. The third kappa shape index (κ3) is 7.35. The van der Waals surface area contributed by atoms with Crippen molar-refractivity contribution in [1.29, 1.82) is 0 Å². The summed E-state index contributed by atoms with van der Waals surface area (Å²) in [5.41, 5.74) is 3.16. The first-order valence-corrected chi connectivity index (χ1v) is 15.4. The molecule has 1 fully saturated rings. The third-order valence-electron chi connectivity index (χ3n) is 6.64. The predicted molar refractivity (Wildman–Crippen MR) is 156 cm³/mol. The van der Waals surface area contributed by atoms with Crippen LogP contribution in [0, 0.1) is 0 Å². The highest BCUT2D eigenvalue weighted by atomic mass is 32.2. The van der Waals surface area contributed by atoms with Gasteiger partial charge in [-0.05, 0) is 59.7 Å². The van der Waals surface area contributed by atoms with Crippen LogP contribution in [-0.4, -0.2) is 36.5 Å². The number of hydrogen-bond donors (Lipinski definition) is 3. The molecule has 0 aliphatic carbocycles. The van der Waals surface area contributed by atoms with E-state index < -0.39 is 22.3 Å². The predicted octanol–water partition coefficient (Wildman–Crippen LogP) is 6.02. The summed E-state index contributed by atoms with van der Waals surface area (Å²) < 4.78 is 40.7. The smallest absolute Gasteiger partial charge is 0.335 e. The molecule has 1 aliphatic rings. The van der Waals surface area contributed by atoms with Gasteiger partial charge in [-0.1, -0.05) is 54.6 Å². The molecule has 0 unspecified atom stereocenters. The van der Waals surface area contributed by atoms with Crippen LogP contribution in [0.1, 0.15) is 45.9 Å². The first kappa shape index (κ1) is 28.8. The van der Waals surface area contributed by atoms with E-state index in [1.807, 2.05) is 24.3 Å². The summed E-state index contributed by atoms with van der Waals surface area (Å²) in [4.78, 5) is 12.3. The van der Waals surface area contributed by atoms with E-state index >= 15 is 0 Å². The zero-order valence-electron chi connectivity index (χ0n) is 21.9. The molecule has 8 nitrogen and oxygen atoms in total. The minimum Gasteiger partial charge on any atom is -0.478 e. The Kier molecular flexibility index (Phi) is 9.06. The van der Waals surface area contributed by atoms with Gasteiger partial charge in [0.15, 0.2) is 6.29 Å². The summed E-state index contributed by atoms with van der Waals surface area (Å²) in [7, 11) is -3.72. The summed E-state index contributed by atoms with van der Waals surface area (Å²) in [6.45, 7) is -0.0438. The number of carboxylic acid groups (broad SMARTS) is 1. The van der Waals surface area contributed by atoms with Crippen molar-refractivity contribution in [3.05, 3.63) is 125 Å². The Labute approximate surface area is 243 Å². The maximum absolute atomic E-state index is 12.7. The van der Waals surface area contributed by atoms with Crippen molar-refractivity contribution in [3.63, 3.8) is 0 Å². The molecule has 0 aromatic heterocycles. The zero-order valence-corrected chi connectivity index (χ0v) is 23.6. The Bertz CT molecular complexity index is 1560. The van der Waals surface area contributed by atoms with Crippen molar-refractivity contribution >= 4 is 33.4 Å². The van der Waals surface area contributed by atoms with Crippen molar-refractivity contribution in [2.45, 2.75) is 41.3 Å². The molecule has 1 saturated heterocycles. The quantitative estimate of drug-likeness (QED) is 0.192. The SMILES string of the molecule is O=C(O)c1ccc(SC[C@@H]2C[C@H](c3ccc(CO)cc3)O[C@H](c3ccc(NS(=O)(=O)c4ccccc4)cc3)O2)cc1. The standard InChI is InChI=1S/C31H29NO7S2/c33-19-21-6-8-22(9-7-21)29-18-26(20-40-27-16-12-23(13-17-27)30(34)35)38-31(39-29)24-10-14-25(15-11-24)32-41(36,37)28-4-2-1-3-5-28/h1-17,26,29,31-33H,18-20H2,(H,34,35)/t26-,29+,31+/m0/s1. The third-order valence-corrected chi connectivity index (χ3v) is 9.18. The highest BCUT2D eigenvalue weighted by Gasteiger charge is 2.32. The number of sulfonamides is 1. The maximum atomic E-state index is 12.7. The van der Waals surface area contributed by atoms with Gasteiger partial charge in [-0.15, -0.1) is 11.8 Å². The largest absolute Gasteiger partial charge is 0.478 e. The molecule has 3 N–H and O–H groups in total. The number of carboxylic acids is 1. The van der Waals surface area contributed by atoms with Crippen LogP contribution in [0.15, 0.2) is 113 Å². The summed E-state index contributed by atoms with van der Waals surface area (Å²) in [6, 6.07) is 29.4. The Hall–Kier alpha value is -3.67. The number of carbonyl (C=O) groups is 1. The summed E-state index contributed by atoms with van der Waals surface area (Å²) in [5.74, 6) is -0.349. The average molecular weight is 592 g/mol. The topological polar surface area (TPSA) is 122 Å². The minimum absolute atomic E-state index is 0.0438. The zero-order chi connectivity index (χ0) is 28.8. The first-order chi connectivity index (χ1) is 19.8. The van der Waals surface area contributed by atoms with Gasteiger partial charge in [-0.25, -0.2) is 13.2 Å². The molecule has 212 valence electrons. The molecule has 0 bridgehead atoms. The van der Waals surface area contributed by atoms with Gasteiger partial charge in [0, 0.05) is 28.3 Å². The molecule has 5 rings (SSSR count). The molecular weight excluding hydrogens is 562 g/mol. The number of anilines is 1. The molecular formula is C31H29NO7S2. The van der Waals surface area contributed by atoms with E-state index in [1.54, 1.807) is 78.5 Å². The van der Waals surface area contributed by atoms with Crippen LogP contribution in [0.3, 0.4) is 0 Å². The van der Waals surface area contributed by atoms with Crippen LogP contribution in [0.4, 0.5) is 5.69 Å². The fourth-order valence-corrected chi connectivity index (χ4v) is 6.43. The number of rotatable bonds is 10. The monoisotopic (exact) mass is 591 g/mol. The number of thioether (sulfide) groups is 1. The molecule has 1 heterocycles. The lowest BCUT2D eigenvalue weighted by Gasteiger charge is -2.36. The summed E-state index contributed by atoms with van der Waals surface area (Å²) in [5, 5.41) is 18.6. The van der Waals surface area contributed by atoms with Gasteiger partial charge in [0.05, 0.1) is 29.3 Å². The van der Waals surface area contributed by atoms with E-state index in [0.717, 1.165) is 21.6 Å². The second-order valence-electron chi connectivity index (χ2n) is 9.53. The van der Waals surface area contributed by atoms with E-state index in [1.165, 1.54) is 12.1 Å². The Balaban J connectivity index is 1.32. The van der Waals surface area contributed by atoms with Crippen molar-refractivity contribution in [3.8, 4) is 0 Å². The number of nitrogens with one attached hydrogen (secondary N) is 1. The van der Waals surface area contributed by atoms with Crippen molar-refractivity contribution in [2.24, 2.45) is 0 Å². The number of ether oxygens (including phenoxy) is 2. The van der Waals surface area contributed by atoms with Crippen LogP contribution < -0.4 is 4.72 Å². The fourth-order valence-electron chi connectivity index (χ4n) is 4.43. The Morgan fingerprint density at radius 3 is 2.15 bits per heavy atom. The highest BCUT2D eigenvalue weighted by Crippen LogP contribution is 2.39. The molecule has 0 saturated carbocycles. The maximum Gasteiger partial charge on any atom is 0.335 e. The Morgan fingerprint density at radius 1 is 0.854 bits per heavy atom. The van der Waals surface area contributed by atoms with Crippen LogP contribution in [-0.2, 0) is 26.1 Å². The number of benzene rings is 4. The van der Waals surface area contributed by atoms with Gasteiger partial charge < -0.3 is 19.7 Å². The average Bonchev–Trinajstić information content (AvgIpc) is 3.01. The molecule has 0 amide bonds. The van der Waals surface area contributed by atoms with Crippen molar-refractivity contribution < 1.29 is 32.9 Å². The van der Waals surface area contributed by atoms with Crippen molar-refractivity contribution in [1.82, 2.24) is 0 Å². The van der Waals surface area contributed by atoms with E-state index in [4.69, 9.17) is 14.6 Å². The lowest BCUT2D eigenvalue weighted by Crippen LogP contribution is -2.31. The number of aromatic carboxylic acids is 1. The second kappa shape index (κ2) is 12.9. The van der Waals surface area contributed by atoms with E-state index in [2.05, 4.69) is 4.72 Å². The molecule has 0 radical (unpaired) electrons. The Morgan fingerprint density at radius 2 is 1.51 bits per heavy atom. The van der Waals surface area contributed by atoms with Crippen LogP contribution in [0.2, 0.25) is 0 Å². The summed E-state index contributed by atoms with van der Waals surface area (Å²) in [6.07, 6.45) is -0.537. The molecule has 1 aliphatic heterocycles. The fraction of sp³-hybridized carbons (Fsp3) is 0.194. The minimum atomic E-state index is -3.72. The molecule has 10 heteroatoms. The van der Waals surface area contributed by atoms with Gasteiger partial charge in [0.2, 0.25) is 0 Å². The molecule has 41 heavy (non-hydrogen) atoms. The number of aliphatic hydroxyl groups excluding tert-OH is 1.